The van der Waals surface area contributed by atoms with E-state index in [1.165, 1.54) is 0 Å². The standard InChI is InChI=1S/C15H17N7O.ClH/c23-14(19-15-17-11-3-1-2-4-12(11)18-15)13-9-22(21-20-13)10-5-7-16-8-6-10;/h1-4,9-10,16H,5-8H2,(H2,17,18,19,23);1H. The van der Waals surface area contributed by atoms with Gasteiger partial charge in [0.2, 0.25) is 5.95 Å². The number of carbonyl (C=O) groups excluding carboxylic acids is 1. The van der Waals surface area contributed by atoms with Crippen molar-refractivity contribution >= 4 is 35.3 Å². The van der Waals surface area contributed by atoms with Crippen LogP contribution in [0.5, 0.6) is 0 Å². The molecule has 24 heavy (non-hydrogen) atoms. The average Bonchev–Trinajstić information content (AvgIpc) is 3.22. The number of nitrogens with one attached hydrogen (secondary N) is 3. The highest BCUT2D eigenvalue weighted by molar-refractivity contribution is 6.02. The molecule has 0 radical (unpaired) electrons. The number of hydrogen-bond donors (Lipinski definition) is 3. The fraction of sp³-hybridized carbons (Fsp3) is 0.333. The molecule has 8 nitrogen and oxygen atoms in total. The molecular formula is C15H18ClN7O. The Morgan fingerprint density at radius 1 is 1.25 bits per heavy atom. The third-order valence-corrected chi connectivity index (χ3v) is 4.05. The van der Waals surface area contributed by atoms with Crippen LogP contribution in [-0.4, -0.2) is 44.0 Å². The number of anilines is 1. The minimum absolute atomic E-state index is 0. The van der Waals surface area contributed by atoms with E-state index in [4.69, 9.17) is 0 Å². The van der Waals surface area contributed by atoms with E-state index in [-0.39, 0.29) is 18.3 Å². The first-order valence-electron chi connectivity index (χ1n) is 7.68. The number of aromatic amines is 1. The molecule has 1 aromatic carbocycles. The Bertz CT molecular complexity index is 804. The number of piperidine rings is 1. The van der Waals surface area contributed by atoms with Crippen LogP contribution in [-0.2, 0) is 0 Å². The van der Waals surface area contributed by atoms with Crippen molar-refractivity contribution in [2.75, 3.05) is 18.4 Å². The number of benzene rings is 1. The van der Waals surface area contributed by atoms with E-state index >= 15 is 0 Å². The van der Waals surface area contributed by atoms with Crippen molar-refractivity contribution in [1.29, 1.82) is 0 Å². The summed E-state index contributed by atoms with van der Waals surface area (Å²) in [6.07, 6.45) is 3.69. The summed E-state index contributed by atoms with van der Waals surface area (Å²) in [5.41, 5.74) is 1.98. The molecule has 1 fully saturated rings. The maximum absolute atomic E-state index is 12.3. The fourth-order valence-electron chi connectivity index (χ4n) is 2.81. The first-order valence-corrected chi connectivity index (χ1v) is 7.68. The van der Waals surface area contributed by atoms with Crippen LogP contribution in [0.25, 0.3) is 11.0 Å². The van der Waals surface area contributed by atoms with E-state index in [1.807, 2.05) is 24.3 Å². The number of nitrogens with zero attached hydrogens (tertiary/aromatic N) is 4. The predicted molar refractivity (Wildman–Crippen MR) is 92.5 cm³/mol. The lowest BCUT2D eigenvalue weighted by Crippen LogP contribution is -2.29. The summed E-state index contributed by atoms with van der Waals surface area (Å²) < 4.78 is 1.79. The van der Waals surface area contributed by atoms with Gasteiger partial charge >= 0.3 is 0 Å². The molecule has 1 aliphatic heterocycles. The molecule has 2 aromatic heterocycles. The summed E-state index contributed by atoms with van der Waals surface area (Å²) in [5.74, 6) is 0.0943. The van der Waals surface area contributed by atoms with Crippen LogP contribution >= 0.6 is 12.4 Å². The van der Waals surface area contributed by atoms with E-state index in [1.54, 1.807) is 10.9 Å². The lowest BCUT2D eigenvalue weighted by molar-refractivity contribution is 0.102. The Morgan fingerprint density at radius 2 is 2.04 bits per heavy atom. The third kappa shape index (κ3) is 3.24. The van der Waals surface area contributed by atoms with Crippen LogP contribution in [0, 0.1) is 0 Å². The molecule has 0 spiro atoms. The molecule has 1 aliphatic rings. The maximum atomic E-state index is 12.3. The SMILES string of the molecule is Cl.O=C(Nc1nc2ccccc2[nH]1)c1cn(C2CCNCC2)nn1. The summed E-state index contributed by atoms with van der Waals surface area (Å²) in [6, 6.07) is 7.91. The third-order valence-electron chi connectivity index (χ3n) is 4.05. The number of halogens is 1. The summed E-state index contributed by atoms with van der Waals surface area (Å²) in [6.45, 7) is 1.93. The number of carbonyl (C=O) groups is 1. The fourth-order valence-corrected chi connectivity index (χ4v) is 2.81. The van der Waals surface area contributed by atoms with Crippen molar-refractivity contribution < 1.29 is 4.79 Å². The van der Waals surface area contributed by atoms with Gasteiger partial charge in [0.25, 0.3) is 5.91 Å². The van der Waals surface area contributed by atoms with Gasteiger partial charge in [-0.05, 0) is 38.1 Å². The quantitative estimate of drug-likeness (QED) is 0.670. The second-order valence-corrected chi connectivity index (χ2v) is 5.62. The number of amides is 1. The Kier molecular flexibility index (Phi) is 4.77. The molecule has 1 amide bonds. The molecule has 4 rings (SSSR count). The largest absolute Gasteiger partial charge is 0.324 e. The smallest absolute Gasteiger partial charge is 0.280 e. The lowest BCUT2D eigenvalue weighted by atomic mass is 10.1. The summed E-state index contributed by atoms with van der Waals surface area (Å²) >= 11 is 0. The van der Waals surface area contributed by atoms with Crippen molar-refractivity contribution in [1.82, 2.24) is 30.3 Å². The van der Waals surface area contributed by atoms with Gasteiger partial charge in [0.1, 0.15) is 0 Å². The molecule has 0 bridgehead atoms. The zero-order valence-electron chi connectivity index (χ0n) is 12.9. The summed E-state index contributed by atoms with van der Waals surface area (Å²) in [7, 11) is 0. The van der Waals surface area contributed by atoms with Crippen molar-refractivity contribution in [2.45, 2.75) is 18.9 Å². The first-order chi connectivity index (χ1) is 11.3. The van der Waals surface area contributed by atoms with Crippen LogP contribution in [0.2, 0.25) is 0 Å². The van der Waals surface area contributed by atoms with Crippen molar-refractivity contribution in [3.05, 3.63) is 36.2 Å². The second kappa shape index (κ2) is 6.98. The van der Waals surface area contributed by atoms with Gasteiger partial charge in [-0.2, -0.15) is 0 Å². The zero-order valence-corrected chi connectivity index (χ0v) is 13.7. The van der Waals surface area contributed by atoms with Gasteiger partial charge in [0, 0.05) is 0 Å². The van der Waals surface area contributed by atoms with E-state index in [2.05, 4.69) is 30.9 Å². The molecule has 0 saturated carbocycles. The number of para-hydroxylation sites is 2. The second-order valence-electron chi connectivity index (χ2n) is 5.62. The number of hydrogen-bond acceptors (Lipinski definition) is 5. The lowest BCUT2D eigenvalue weighted by Gasteiger charge is -2.21. The van der Waals surface area contributed by atoms with Gasteiger partial charge in [-0.25, -0.2) is 9.67 Å². The molecule has 9 heteroatoms. The highest BCUT2D eigenvalue weighted by atomic mass is 35.5. The molecule has 0 aliphatic carbocycles. The number of H-pyrrole nitrogens is 1. The van der Waals surface area contributed by atoms with Crippen LogP contribution in [0.1, 0.15) is 29.4 Å². The maximum Gasteiger partial charge on any atom is 0.280 e. The van der Waals surface area contributed by atoms with Crippen molar-refractivity contribution in [3.8, 4) is 0 Å². The molecule has 1 saturated heterocycles. The first kappa shape index (κ1) is 16.4. The summed E-state index contributed by atoms with van der Waals surface area (Å²) in [5, 5.41) is 14.1. The molecular weight excluding hydrogens is 330 g/mol. The molecule has 3 heterocycles. The predicted octanol–water partition coefficient (Wildman–Crippen LogP) is 1.75. The topological polar surface area (TPSA) is 101 Å². The minimum atomic E-state index is -0.316. The van der Waals surface area contributed by atoms with Gasteiger partial charge in [-0.1, -0.05) is 17.3 Å². The number of fused-ring (bicyclic) bond motifs is 1. The van der Waals surface area contributed by atoms with E-state index in [0.717, 1.165) is 37.0 Å². The Balaban J connectivity index is 0.00000169. The molecule has 0 unspecified atom stereocenters. The van der Waals surface area contributed by atoms with Crippen molar-refractivity contribution in [2.24, 2.45) is 0 Å². The van der Waals surface area contributed by atoms with Gasteiger partial charge < -0.3 is 10.3 Å². The minimum Gasteiger partial charge on any atom is -0.324 e. The van der Waals surface area contributed by atoms with E-state index in [0.29, 0.717) is 17.7 Å². The van der Waals surface area contributed by atoms with Gasteiger partial charge in [-0.15, -0.1) is 17.5 Å². The Labute approximate surface area is 144 Å². The van der Waals surface area contributed by atoms with Crippen LogP contribution in [0.3, 0.4) is 0 Å². The average molecular weight is 348 g/mol. The van der Waals surface area contributed by atoms with Gasteiger partial charge in [0.05, 0.1) is 23.3 Å². The summed E-state index contributed by atoms with van der Waals surface area (Å²) in [4.78, 5) is 19.7. The van der Waals surface area contributed by atoms with E-state index in [9.17, 15) is 4.79 Å². The normalized spacial score (nSPS) is 15.2. The number of imidazole rings is 1. The molecule has 126 valence electrons. The van der Waals surface area contributed by atoms with Crippen LogP contribution < -0.4 is 10.6 Å². The van der Waals surface area contributed by atoms with Crippen LogP contribution in [0.15, 0.2) is 30.5 Å². The van der Waals surface area contributed by atoms with Gasteiger partial charge in [0.15, 0.2) is 5.69 Å². The Morgan fingerprint density at radius 3 is 2.83 bits per heavy atom. The zero-order chi connectivity index (χ0) is 15.6. The number of rotatable bonds is 3. The Hall–Kier alpha value is -2.45. The molecule has 3 aromatic rings. The highest BCUT2D eigenvalue weighted by Gasteiger charge is 2.19. The molecule has 0 atom stereocenters. The van der Waals surface area contributed by atoms with Crippen molar-refractivity contribution in [3.63, 3.8) is 0 Å². The van der Waals surface area contributed by atoms with Gasteiger partial charge in [-0.3, -0.25) is 10.1 Å². The van der Waals surface area contributed by atoms with Crippen LogP contribution in [0.4, 0.5) is 5.95 Å². The number of aromatic nitrogens is 5. The highest BCUT2D eigenvalue weighted by Crippen LogP contribution is 2.18. The monoisotopic (exact) mass is 347 g/mol. The van der Waals surface area contributed by atoms with E-state index < -0.39 is 0 Å². The molecule has 3 N–H and O–H groups in total.